The summed E-state index contributed by atoms with van der Waals surface area (Å²) in [6.45, 7) is 2.17. The van der Waals surface area contributed by atoms with Gasteiger partial charge in [0.2, 0.25) is 9.76 Å². The van der Waals surface area contributed by atoms with E-state index < -0.39 is 21.3 Å². The average Bonchev–Trinajstić information content (AvgIpc) is 2.60. The van der Waals surface area contributed by atoms with Crippen LogP contribution in [-0.4, -0.2) is 87.4 Å². The number of aliphatic hydroxyl groups excluding tert-OH is 1. The molecule has 0 bridgehead atoms. The highest BCUT2D eigenvalue weighted by atomic mass is 28.2. The standard InChI is InChI=1S/C16H34O7Si/c1-18-7-9-22-15-11-13(5-6-14(15)17)12-16(20-3,21-4)24-23-10-8-19-2/h13-15,17H,5-12,24H2,1-4H3. The van der Waals surface area contributed by atoms with Crippen molar-refractivity contribution in [3.8, 4) is 0 Å². The first-order chi connectivity index (χ1) is 11.6. The van der Waals surface area contributed by atoms with Crippen molar-refractivity contribution in [3.63, 3.8) is 0 Å². The highest BCUT2D eigenvalue weighted by Crippen LogP contribution is 2.34. The summed E-state index contributed by atoms with van der Waals surface area (Å²) >= 11 is 0. The van der Waals surface area contributed by atoms with Gasteiger partial charge in [0.25, 0.3) is 0 Å². The molecule has 3 unspecified atom stereocenters. The molecule has 3 atom stereocenters. The molecule has 1 N–H and O–H groups in total. The Bertz CT molecular complexity index is 315. The van der Waals surface area contributed by atoms with Crippen LogP contribution >= 0.6 is 0 Å². The summed E-state index contributed by atoms with van der Waals surface area (Å²) < 4.78 is 32.9. The second kappa shape index (κ2) is 12.3. The van der Waals surface area contributed by atoms with Crippen LogP contribution in [0.4, 0.5) is 0 Å². The number of aliphatic hydroxyl groups is 1. The largest absolute Gasteiger partial charge is 0.415 e. The molecule has 1 rings (SSSR count). The SMILES string of the molecule is COCCO[SiH2]C(CC1CCC(O)C(OCCOC)C1)(OC)OC. The zero-order valence-electron chi connectivity index (χ0n) is 15.5. The predicted octanol–water partition coefficient (Wildman–Crippen LogP) is 0.263. The van der Waals surface area contributed by atoms with Crippen molar-refractivity contribution < 1.29 is 33.2 Å². The third-order valence-electron chi connectivity index (χ3n) is 4.58. The van der Waals surface area contributed by atoms with E-state index in [4.69, 9.17) is 28.1 Å². The van der Waals surface area contributed by atoms with Gasteiger partial charge in [0, 0.05) is 34.9 Å². The summed E-state index contributed by atoms with van der Waals surface area (Å²) in [5, 5.41) is 10.1. The van der Waals surface area contributed by atoms with E-state index in [0.29, 0.717) is 32.3 Å². The molecule has 1 fully saturated rings. The highest BCUT2D eigenvalue weighted by molar-refractivity contribution is 6.31. The minimum atomic E-state index is -1.04. The van der Waals surface area contributed by atoms with Crippen molar-refractivity contribution >= 4 is 9.76 Å². The molecule has 0 heterocycles. The first-order valence-corrected chi connectivity index (χ1v) is 9.84. The Kier molecular flexibility index (Phi) is 11.3. The Morgan fingerprint density at radius 1 is 0.958 bits per heavy atom. The van der Waals surface area contributed by atoms with Gasteiger partial charge in [0.15, 0.2) is 5.41 Å². The molecule has 0 radical (unpaired) electrons. The van der Waals surface area contributed by atoms with E-state index in [1.54, 1.807) is 28.4 Å². The lowest BCUT2D eigenvalue weighted by atomic mass is 9.83. The zero-order chi connectivity index (χ0) is 17.8. The van der Waals surface area contributed by atoms with Crippen molar-refractivity contribution in [1.29, 1.82) is 0 Å². The molecule has 0 saturated heterocycles. The summed E-state index contributed by atoms with van der Waals surface area (Å²) in [6, 6.07) is 0. The van der Waals surface area contributed by atoms with Crippen molar-refractivity contribution in [2.24, 2.45) is 5.92 Å². The van der Waals surface area contributed by atoms with Crippen LogP contribution in [0.5, 0.6) is 0 Å². The molecule has 24 heavy (non-hydrogen) atoms. The third kappa shape index (κ3) is 7.45. The molecule has 7 nitrogen and oxygen atoms in total. The van der Waals surface area contributed by atoms with Gasteiger partial charge in [-0.05, 0) is 25.2 Å². The minimum Gasteiger partial charge on any atom is -0.415 e. The lowest BCUT2D eigenvalue weighted by molar-refractivity contribution is -0.171. The van der Waals surface area contributed by atoms with Gasteiger partial charge in [0.1, 0.15) is 0 Å². The number of hydrogen-bond donors (Lipinski definition) is 1. The van der Waals surface area contributed by atoms with Crippen LogP contribution in [0, 0.1) is 5.92 Å². The van der Waals surface area contributed by atoms with E-state index in [9.17, 15) is 5.11 Å². The van der Waals surface area contributed by atoms with Crippen molar-refractivity contribution in [2.75, 3.05) is 54.9 Å². The lowest BCUT2D eigenvalue weighted by Gasteiger charge is -2.38. The van der Waals surface area contributed by atoms with Crippen LogP contribution in [-0.2, 0) is 28.1 Å². The summed E-state index contributed by atoms with van der Waals surface area (Å²) in [4.78, 5) is 0. The molecule has 0 aliphatic heterocycles. The van der Waals surface area contributed by atoms with Gasteiger partial charge in [-0.2, -0.15) is 0 Å². The molecule has 144 valence electrons. The topological polar surface area (TPSA) is 75.6 Å². The molecule has 0 aromatic heterocycles. The maximum Gasteiger partial charge on any atom is 0.227 e. The fourth-order valence-electron chi connectivity index (χ4n) is 3.08. The molecular weight excluding hydrogens is 332 g/mol. The highest BCUT2D eigenvalue weighted by Gasteiger charge is 2.38. The molecular formula is C16H34O7Si. The van der Waals surface area contributed by atoms with Gasteiger partial charge < -0.3 is 33.2 Å². The molecule has 0 aromatic rings. The molecule has 0 aromatic carbocycles. The minimum absolute atomic E-state index is 0.151. The van der Waals surface area contributed by atoms with E-state index >= 15 is 0 Å². The van der Waals surface area contributed by atoms with Crippen molar-refractivity contribution in [3.05, 3.63) is 0 Å². The molecule has 8 heteroatoms. The number of methoxy groups -OCH3 is 4. The van der Waals surface area contributed by atoms with Gasteiger partial charge >= 0.3 is 0 Å². The van der Waals surface area contributed by atoms with Gasteiger partial charge in [-0.1, -0.05) is 0 Å². The zero-order valence-corrected chi connectivity index (χ0v) is 16.9. The Morgan fingerprint density at radius 2 is 1.62 bits per heavy atom. The third-order valence-corrected chi connectivity index (χ3v) is 6.38. The molecule has 0 spiro atoms. The van der Waals surface area contributed by atoms with Crippen LogP contribution in [0.25, 0.3) is 0 Å². The number of rotatable bonds is 13. The van der Waals surface area contributed by atoms with Gasteiger partial charge in [-0.15, -0.1) is 0 Å². The number of ether oxygens (including phenoxy) is 5. The van der Waals surface area contributed by atoms with Crippen LogP contribution in [0.2, 0.25) is 0 Å². The van der Waals surface area contributed by atoms with Crippen molar-refractivity contribution in [1.82, 2.24) is 0 Å². The van der Waals surface area contributed by atoms with Crippen LogP contribution in [0.15, 0.2) is 0 Å². The van der Waals surface area contributed by atoms with Gasteiger partial charge in [0.05, 0.1) is 38.6 Å². The molecule has 0 amide bonds. The number of hydrogen-bond acceptors (Lipinski definition) is 7. The molecule has 1 saturated carbocycles. The summed E-state index contributed by atoms with van der Waals surface area (Å²) in [5.41, 5.74) is -0.641. The van der Waals surface area contributed by atoms with E-state index in [0.717, 1.165) is 25.7 Å². The monoisotopic (exact) mass is 366 g/mol. The van der Waals surface area contributed by atoms with E-state index in [1.165, 1.54) is 0 Å². The fraction of sp³-hybridized carbons (Fsp3) is 1.00. The molecule has 1 aliphatic rings. The van der Waals surface area contributed by atoms with E-state index in [2.05, 4.69) is 0 Å². The summed E-state index contributed by atoms with van der Waals surface area (Å²) in [5.74, 6) is 0.374. The smallest absolute Gasteiger partial charge is 0.227 e. The van der Waals surface area contributed by atoms with Gasteiger partial charge in [-0.3, -0.25) is 0 Å². The quantitative estimate of drug-likeness (QED) is 0.285. The van der Waals surface area contributed by atoms with Gasteiger partial charge in [-0.25, -0.2) is 0 Å². The summed E-state index contributed by atoms with van der Waals surface area (Å²) in [7, 11) is 5.59. The Balaban J connectivity index is 2.52. The predicted molar refractivity (Wildman–Crippen MR) is 92.7 cm³/mol. The maximum absolute atomic E-state index is 10.1. The average molecular weight is 367 g/mol. The Morgan fingerprint density at radius 3 is 2.25 bits per heavy atom. The van der Waals surface area contributed by atoms with Crippen LogP contribution in [0.1, 0.15) is 25.7 Å². The Labute approximate surface area is 147 Å². The van der Waals surface area contributed by atoms with E-state index in [-0.39, 0.29) is 6.10 Å². The lowest BCUT2D eigenvalue weighted by Crippen LogP contribution is -2.46. The Hall–Kier alpha value is -0.0631. The van der Waals surface area contributed by atoms with E-state index in [1.807, 2.05) is 0 Å². The second-order valence-electron chi connectivity index (χ2n) is 6.22. The first-order valence-electron chi connectivity index (χ1n) is 8.56. The first kappa shape index (κ1) is 22.0. The van der Waals surface area contributed by atoms with Crippen LogP contribution in [0.3, 0.4) is 0 Å². The maximum atomic E-state index is 10.1. The normalized spacial score (nSPS) is 25.6. The molecule has 1 aliphatic carbocycles. The second-order valence-corrected chi connectivity index (χ2v) is 7.99. The summed E-state index contributed by atoms with van der Waals surface area (Å²) in [6.07, 6.45) is 2.67. The fourth-order valence-corrected chi connectivity index (χ4v) is 4.41. The van der Waals surface area contributed by atoms with Crippen molar-refractivity contribution in [2.45, 2.75) is 43.3 Å². The van der Waals surface area contributed by atoms with Crippen LogP contribution < -0.4 is 0 Å².